The van der Waals surface area contributed by atoms with E-state index in [4.69, 9.17) is 0 Å². The van der Waals surface area contributed by atoms with Crippen molar-refractivity contribution in [3.63, 3.8) is 0 Å². The zero-order valence-corrected chi connectivity index (χ0v) is 12.7. The molecule has 2 unspecified atom stereocenters. The molecule has 4 nitrogen and oxygen atoms in total. The standard InChI is InChI=1S/C16H24FN3O/c1-20(2)15(12-6-8-13(17)9-7-12)11-19-16(21)14-5-3-4-10-18-14/h6-9,14-15,18H,3-5,10-11H2,1-2H3,(H,19,21). The highest BCUT2D eigenvalue weighted by molar-refractivity contribution is 5.81. The molecule has 2 atom stereocenters. The molecule has 0 saturated carbocycles. The van der Waals surface area contributed by atoms with Crippen molar-refractivity contribution in [3.05, 3.63) is 35.6 Å². The molecule has 21 heavy (non-hydrogen) atoms. The summed E-state index contributed by atoms with van der Waals surface area (Å²) < 4.78 is 13.0. The van der Waals surface area contributed by atoms with Crippen LogP contribution in [0.4, 0.5) is 4.39 Å². The van der Waals surface area contributed by atoms with Gasteiger partial charge in [0.2, 0.25) is 5.91 Å². The summed E-state index contributed by atoms with van der Waals surface area (Å²) in [6.07, 6.45) is 3.13. The van der Waals surface area contributed by atoms with Crippen molar-refractivity contribution in [1.82, 2.24) is 15.5 Å². The van der Waals surface area contributed by atoms with Crippen LogP contribution >= 0.6 is 0 Å². The van der Waals surface area contributed by atoms with Crippen LogP contribution < -0.4 is 10.6 Å². The molecule has 0 bridgehead atoms. The number of hydrogen-bond donors (Lipinski definition) is 2. The Morgan fingerprint density at radius 3 is 2.67 bits per heavy atom. The highest BCUT2D eigenvalue weighted by Crippen LogP contribution is 2.18. The molecule has 1 aliphatic heterocycles. The van der Waals surface area contributed by atoms with Gasteiger partial charge in [-0.05, 0) is 51.2 Å². The van der Waals surface area contributed by atoms with Gasteiger partial charge in [0.25, 0.3) is 0 Å². The number of halogens is 1. The molecule has 1 amide bonds. The van der Waals surface area contributed by atoms with Gasteiger partial charge in [-0.25, -0.2) is 4.39 Å². The molecule has 1 heterocycles. The first kappa shape index (κ1) is 15.9. The van der Waals surface area contributed by atoms with E-state index in [0.717, 1.165) is 31.4 Å². The summed E-state index contributed by atoms with van der Waals surface area (Å²) in [6, 6.07) is 6.41. The highest BCUT2D eigenvalue weighted by atomic mass is 19.1. The van der Waals surface area contributed by atoms with E-state index in [-0.39, 0.29) is 23.8 Å². The fraction of sp³-hybridized carbons (Fsp3) is 0.562. The maximum absolute atomic E-state index is 13.0. The highest BCUT2D eigenvalue weighted by Gasteiger charge is 2.22. The first-order valence-corrected chi connectivity index (χ1v) is 7.51. The van der Waals surface area contributed by atoms with Gasteiger partial charge in [0, 0.05) is 6.54 Å². The summed E-state index contributed by atoms with van der Waals surface area (Å²) in [5.41, 5.74) is 0.998. The third-order valence-corrected chi connectivity index (χ3v) is 3.97. The number of nitrogens with one attached hydrogen (secondary N) is 2. The molecule has 116 valence electrons. The summed E-state index contributed by atoms with van der Waals surface area (Å²) in [6.45, 7) is 1.43. The van der Waals surface area contributed by atoms with Gasteiger partial charge in [-0.3, -0.25) is 4.79 Å². The number of rotatable bonds is 5. The lowest BCUT2D eigenvalue weighted by molar-refractivity contribution is -0.123. The number of piperidine rings is 1. The summed E-state index contributed by atoms with van der Waals surface area (Å²) in [5.74, 6) is -0.185. The number of carbonyl (C=O) groups is 1. The number of benzene rings is 1. The Kier molecular flexibility index (Phi) is 5.70. The zero-order valence-electron chi connectivity index (χ0n) is 12.7. The van der Waals surface area contributed by atoms with Crippen molar-refractivity contribution >= 4 is 5.91 Å². The lowest BCUT2D eigenvalue weighted by Gasteiger charge is -2.27. The van der Waals surface area contributed by atoms with E-state index < -0.39 is 0 Å². The minimum atomic E-state index is -0.244. The van der Waals surface area contributed by atoms with Gasteiger partial charge in [-0.1, -0.05) is 18.6 Å². The van der Waals surface area contributed by atoms with Gasteiger partial charge in [0.15, 0.2) is 0 Å². The van der Waals surface area contributed by atoms with Crippen molar-refractivity contribution in [2.24, 2.45) is 0 Å². The summed E-state index contributed by atoms with van der Waals surface area (Å²) >= 11 is 0. The molecule has 1 aromatic carbocycles. The molecule has 0 spiro atoms. The summed E-state index contributed by atoms with van der Waals surface area (Å²) in [7, 11) is 3.91. The average molecular weight is 293 g/mol. The number of amides is 1. The average Bonchev–Trinajstić information content (AvgIpc) is 2.49. The normalized spacial score (nSPS) is 20.3. The Balaban J connectivity index is 1.93. The van der Waals surface area contributed by atoms with Crippen molar-refractivity contribution in [2.45, 2.75) is 31.3 Å². The largest absolute Gasteiger partial charge is 0.353 e. The van der Waals surface area contributed by atoms with Crippen molar-refractivity contribution < 1.29 is 9.18 Å². The van der Waals surface area contributed by atoms with Crippen LogP contribution in [0.25, 0.3) is 0 Å². The van der Waals surface area contributed by atoms with Crippen LogP contribution in [0.3, 0.4) is 0 Å². The van der Waals surface area contributed by atoms with Crippen LogP contribution in [0.5, 0.6) is 0 Å². The van der Waals surface area contributed by atoms with Crippen LogP contribution in [-0.2, 0) is 4.79 Å². The second-order valence-corrected chi connectivity index (χ2v) is 5.78. The Bertz CT molecular complexity index is 455. The van der Waals surface area contributed by atoms with E-state index in [1.165, 1.54) is 12.1 Å². The molecular weight excluding hydrogens is 269 g/mol. The topological polar surface area (TPSA) is 44.4 Å². The lowest BCUT2D eigenvalue weighted by atomic mass is 10.0. The second-order valence-electron chi connectivity index (χ2n) is 5.78. The van der Waals surface area contributed by atoms with Gasteiger partial charge in [0.1, 0.15) is 5.82 Å². The van der Waals surface area contributed by atoms with E-state index in [0.29, 0.717) is 6.54 Å². The first-order valence-electron chi connectivity index (χ1n) is 7.51. The van der Waals surface area contributed by atoms with Crippen LogP contribution in [0.1, 0.15) is 30.9 Å². The maximum atomic E-state index is 13.0. The van der Waals surface area contributed by atoms with Crippen molar-refractivity contribution in [2.75, 3.05) is 27.2 Å². The molecule has 1 aromatic rings. The lowest BCUT2D eigenvalue weighted by Crippen LogP contribution is -2.48. The molecule has 0 aliphatic carbocycles. The molecule has 1 aliphatic rings. The number of hydrogen-bond acceptors (Lipinski definition) is 3. The van der Waals surface area contributed by atoms with Crippen molar-refractivity contribution in [3.8, 4) is 0 Å². The first-order chi connectivity index (χ1) is 10.1. The van der Waals surface area contributed by atoms with Gasteiger partial charge >= 0.3 is 0 Å². The summed E-state index contributed by atoms with van der Waals surface area (Å²) in [5, 5.41) is 6.25. The third-order valence-electron chi connectivity index (χ3n) is 3.97. The fourth-order valence-electron chi connectivity index (χ4n) is 2.68. The quantitative estimate of drug-likeness (QED) is 0.868. The molecule has 0 radical (unpaired) electrons. The van der Waals surface area contributed by atoms with E-state index in [1.54, 1.807) is 12.1 Å². The smallest absolute Gasteiger partial charge is 0.237 e. The predicted molar refractivity (Wildman–Crippen MR) is 81.5 cm³/mol. The second kappa shape index (κ2) is 7.52. The molecule has 5 heteroatoms. The van der Waals surface area contributed by atoms with Crippen LogP contribution in [0, 0.1) is 5.82 Å². The Labute approximate surface area is 125 Å². The van der Waals surface area contributed by atoms with E-state index >= 15 is 0 Å². The Hall–Kier alpha value is -1.46. The minimum absolute atomic E-state index is 0.0399. The van der Waals surface area contributed by atoms with Gasteiger partial charge in [-0.15, -0.1) is 0 Å². The van der Waals surface area contributed by atoms with Crippen LogP contribution in [0.2, 0.25) is 0 Å². The van der Waals surface area contributed by atoms with E-state index in [1.807, 2.05) is 19.0 Å². The maximum Gasteiger partial charge on any atom is 0.237 e. The Morgan fingerprint density at radius 2 is 2.10 bits per heavy atom. The molecule has 1 fully saturated rings. The van der Waals surface area contributed by atoms with Gasteiger partial charge in [0.05, 0.1) is 12.1 Å². The van der Waals surface area contributed by atoms with Crippen molar-refractivity contribution in [1.29, 1.82) is 0 Å². The van der Waals surface area contributed by atoms with E-state index in [9.17, 15) is 9.18 Å². The molecular formula is C16H24FN3O. The SMILES string of the molecule is CN(C)C(CNC(=O)C1CCCCN1)c1ccc(F)cc1. The third kappa shape index (κ3) is 4.51. The van der Waals surface area contributed by atoms with Gasteiger partial charge < -0.3 is 15.5 Å². The predicted octanol–water partition coefficient (Wildman–Crippen LogP) is 1.69. The van der Waals surface area contributed by atoms with Gasteiger partial charge in [-0.2, -0.15) is 0 Å². The molecule has 2 N–H and O–H groups in total. The molecule has 0 aromatic heterocycles. The van der Waals surface area contributed by atoms with Crippen LogP contribution in [-0.4, -0.2) is 44.0 Å². The number of nitrogens with zero attached hydrogens (tertiary/aromatic N) is 1. The monoisotopic (exact) mass is 293 g/mol. The molecule has 2 rings (SSSR count). The zero-order chi connectivity index (χ0) is 15.2. The number of likely N-dealkylation sites (N-methyl/N-ethyl adjacent to an activating group) is 1. The fourth-order valence-corrected chi connectivity index (χ4v) is 2.68. The number of carbonyl (C=O) groups excluding carboxylic acids is 1. The molecule has 1 saturated heterocycles. The Morgan fingerprint density at radius 1 is 1.38 bits per heavy atom. The minimum Gasteiger partial charge on any atom is -0.353 e. The van der Waals surface area contributed by atoms with E-state index in [2.05, 4.69) is 10.6 Å². The van der Waals surface area contributed by atoms with Crippen LogP contribution in [0.15, 0.2) is 24.3 Å². The summed E-state index contributed by atoms with van der Waals surface area (Å²) in [4.78, 5) is 14.2.